The SMILES string of the molecule is CCc1cc(N2CCN(c3cc(C)nc4cc(C)nn34)CC2)nc(SC)n1. The van der Waals surface area contributed by atoms with Gasteiger partial charge in [0.1, 0.15) is 11.6 Å². The highest BCUT2D eigenvalue weighted by Gasteiger charge is 2.22. The second-order valence-corrected chi connectivity index (χ2v) is 7.62. The summed E-state index contributed by atoms with van der Waals surface area (Å²) in [7, 11) is 0. The highest BCUT2D eigenvalue weighted by molar-refractivity contribution is 7.98. The number of aromatic nitrogens is 5. The molecule has 1 aliphatic rings. The van der Waals surface area contributed by atoms with Crippen LogP contribution in [-0.2, 0) is 6.42 Å². The third-order valence-corrected chi connectivity index (χ3v) is 5.42. The van der Waals surface area contributed by atoms with Gasteiger partial charge in [-0.3, -0.25) is 0 Å². The first-order valence-electron chi connectivity index (χ1n) is 9.33. The van der Waals surface area contributed by atoms with Crippen molar-refractivity contribution in [1.29, 1.82) is 0 Å². The van der Waals surface area contributed by atoms with Crippen molar-refractivity contribution in [2.45, 2.75) is 32.3 Å². The van der Waals surface area contributed by atoms with E-state index in [1.54, 1.807) is 11.8 Å². The molecule has 0 aromatic carbocycles. The minimum absolute atomic E-state index is 0.852. The van der Waals surface area contributed by atoms with Crippen molar-refractivity contribution in [3.05, 3.63) is 35.3 Å². The Hall–Kier alpha value is -2.35. The zero-order valence-electron chi connectivity index (χ0n) is 16.3. The molecule has 142 valence electrons. The van der Waals surface area contributed by atoms with E-state index in [1.807, 2.05) is 30.7 Å². The molecule has 0 unspecified atom stereocenters. The van der Waals surface area contributed by atoms with E-state index < -0.39 is 0 Å². The van der Waals surface area contributed by atoms with Crippen LogP contribution >= 0.6 is 11.8 Å². The predicted octanol–water partition coefficient (Wildman–Crippen LogP) is 2.75. The van der Waals surface area contributed by atoms with Crippen LogP contribution < -0.4 is 9.80 Å². The van der Waals surface area contributed by atoms with Crippen molar-refractivity contribution in [1.82, 2.24) is 24.6 Å². The van der Waals surface area contributed by atoms with Crippen molar-refractivity contribution < 1.29 is 0 Å². The lowest BCUT2D eigenvalue weighted by molar-refractivity contribution is 0.628. The number of hydrogen-bond acceptors (Lipinski definition) is 7. The molecule has 4 heterocycles. The average Bonchev–Trinajstić information content (AvgIpc) is 3.06. The molecule has 27 heavy (non-hydrogen) atoms. The topological polar surface area (TPSA) is 62.5 Å². The smallest absolute Gasteiger partial charge is 0.189 e. The van der Waals surface area contributed by atoms with E-state index in [1.165, 1.54) is 0 Å². The van der Waals surface area contributed by atoms with Gasteiger partial charge in [0.15, 0.2) is 10.8 Å². The maximum absolute atomic E-state index is 4.72. The fourth-order valence-electron chi connectivity index (χ4n) is 3.48. The second kappa shape index (κ2) is 7.34. The Labute approximate surface area is 163 Å². The fraction of sp³-hybridized carbons (Fsp3) is 0.474. The van der Waals surface area contributed by atoms with E-state index in [-0.39, 0.29) is 0 Å². The lowest BCUT2D eigenvalue weighted by Crippen LogP contribution is -2.47. The number of hydrogen-bond donors (Lipinski definition) is 0. The van der Waals surface area contributed by atoms with E-state index >= 15 is 0 Å². The Kier molecular flexibility index (Phi) is 4.90. The van der Waals surface area contributed by atoms with Gasteiger partial charge in [0, 0.05) is 55.8 Å². The van der Waals surface area contributed by atoms with Crippen molar-refractivity contribution in [3.63, 3.8) is 0 Å². The maximum atomic E-state index is 4.72. The van der Waals surface area contributed by atoms with Crippen molar-refractivity contribution in [3.8, 4) is 0 Å². The van der Waals surface area contributed by atoms with Gasteiger partial charge < -0.3 is 9.80 Å². The molecule has 0 amide bonds. The quantitative estimate of drug-likeness (QED) is 0.507. The van der Waals surface area contributed by atoms with Crippen LogP contribution in [0.25, 0.3) is 5.65 Å². The molecule has 0 saturated carbocycles. The Morgan fingerprint density at radius 1 is 0.926 bits per heavy atom. The van der Waals surface area contributed by atoms with Crippen molar-refractivity contribution in [2.75, 3.05) is 42.2 Å². The van der Waals surface area contributed by atoms with Crippen LogP contribution in [0.5, 0.6) is 0 Å². The van der Waals surface area contributed by atoms with Gasteiger partial charge in [0.2, 0.25) is 0 Å². The van der Waals surface area contributed by atoms with E-state index in [4.69, 9.17) is 4.98 Å². The van der Waals surface area contributed by atoms with Crippen LogP contribution in [0.3, 0.4) is 0 Å². The molecule has 0 N–H and O–H groups in total. The summed E-state index contributed by atoms with van der Waals surface area (Å²) in [5.41, 5.74) is 4.03. The maximum Gasteiger partial charge on any atom is 0.189 e. The van der Waals surface area contributed by atoms with Gasteiger partial charge in [0.25, 0.3) is 0 Å². The molecule has 0 spiro atoms. The van der Waals surface area contributed by atoms with Crippen LogP contribution in [0.15, 0.2) is 23.4 Å². The zero-order valence-corrected chi connectivity index (χ0v) is 17.1. The first-order chi connectivity index (χ1) is 13.1. The Bertz CT molecular complexity index is 938. The molecule has 4 rings (SSSR count). The van der Waals surface area contributed by atoms with Crippen LogP contribution in [0.1, 0.15) is 24.0 Å². The van der Waals surface area contributed by atoms with Gasteiger partial charge in [-0.15, -0.1) is 0 Å². The van der Waals surface area contributed by atoms with E-state index in [0.717, 1.165) is 72.1 Å². The minimum Gasteiger partial charge on any atom is -0.353 e. The average molecular weight is 384 g/mol. The third kappa shape index (κ3) is 3.58. The Morgan fingerprint density at radius 2 is 1.67 bits per heavy atom. The van der Waals surface area contributed by atoms with Gasteiger partial charge in [-0.1, -0.05) is 18.7 Å². The molecule has 3 aromatic rings. The van der Waals surface area contributed by atoms with E-state index in [2.05, 4.69) is 43.9 Å². The predicted molar refractivity (Wildman–Crippen MR) is 110 cm³/mol. The lowest BCUT2D eigenvalue weighted by Gasteiger charge is -2.36. The minimum atomic E-state index is 0.852. The lowest BCUT2D eigenvalue weighted by atomic mass is 10.2. The summed E-state index contributed by atoms with van der Waals surface area (Å²) in [6.45, 7) is 9.90. The second-order valence-electron chi connectivity index (χ2n) is 6.84. The normalized spacial score (nSPS) is 15.0. The zero-order chi connectivity index (χ0) is 19.0. The van der Waals surface area contributed by atoms with Crippen LogP contribution in [-0.4, -0.2) is 57.0 Å². The summed E-state index contributed by atoms with van der Waals surface area (Å²) in [5.74, 6) is 2.16. The molecule has 1 saturated heterocycles. The summed E-state index contributed by atoms with van der Waals surface area (Å²) in [6.07, 6.45) is 2.95. The van der Waals surface area contributed by atoms with Gasteiger partial charge in [0.05, 0.1) is 5.69 Å². The van der Waals surface area contributed by atoms with Crippen LogP contribution in [0, 0.1) is 13.8 Å². The molecule has 0 bridgehead atoms. The summed E-state index contributed by atoms with van der Waals surface area (Å²) < 4.78 is 1.96. The molecule has 1 fully saturated rings. The van der Waals surface area contributed by atoms with Crippen molar-refractivity contribution in [2.24, 2.45) is 0 Å². The first-order valence-corrected chi connectivity index (χ1v) is 10.6. The molecular formula is C19H25N7S. The number of aryl methyl sites for hydroxylation is 3. The number of thioether (sulfide) groups is 1. The molecule has 3 aromatic heterocycles. The molecular weight excluding hydrogens is 358 g/mol. The Morgan fingerprint density at radius 3 is 2.37 bits per heavy atom. The van der Waals surface area contributed by atoms with Gasteiger partial charge in [-0.05, 0) is 26.5 Å². The standard InChI is InChI=1S/C19H25N7S/c1-5-15-12-16(22-19(21-15)27-4)24-6-8-25(9-7-24)18-11-13(2)20-17-10-14(3)23-26(17)18/h10-12H,5-9H2,1-4H3. The summed E-state index contributed by atoms with van der Waals surface area (Å²) in [6, 6.07) is 6.28. The van der Waals surface area contributed by atoms with E-state index in [0.29, 0.717) is 0 Å². The number of rotatable bonds is 4. The number of anilines is 2. The molecule has 1 aliphatic heterocycles. The monoisotopic (exact) mass is 383 g/mol. The van der Waals surface area contributed by atoms with Gasteiger partial charge in [-0.2, -0.15) is 9.61 Å². The molecule has 7 nitrogen and oxygen atoms in total. The molecule has 0 aliphatic carbocycles. The summed E-state index contributed by atoms with van der Waals surface area (Å²) in [5, 5.41) is 5.48. The number of piperazine rings is 1. The summed E-state index contributed by atoms with van der Waals surface area (Å²) in [4.78, 5) is 18.6. The Balaban J connectivity index is 1.56. The molecule has 0 radical (unpaired) electrons. The van der Waals surface area contributed by atoms with Gasteiger partial charge >= 0.3 is 0 Å². The highest BCUT2D eigenvalue weighted by atomic mass is 32.2. The third-order valence-electron chi connectivity index (χ3n) is 4.88. The molecule has 0 atom stereocenters. The van der Waals surface area contributed by atoms with Crippen molar-refractivity contribution >= 4 is 29.0 Å². The summed E-state index contributed by atoms with van der Waals surface area (Å²) >= 11 is 1.60. The number of nitrogens with zero attached hydrogens (tertiary/aromatic N) is 7. The van der Waals surface area contributed by atoms with Gasteiger partial charge in [-0.25, -0.2) is 15.0 Å². The first kappa shape index (κ1) is 18.0. The number of fused-ring (bicyclic) bond motifs is 1. The fourth-order valence-corrected chi connectivity index (χ4v) is 3.87. The van der Waals surface area contributed by atoms with Crippen LogP contribution in [0.2, 0.25) is 0 Å². The highest BCUT2D eigenvalue weighted by Crippen LogP contribution is 2.23. The largest absolute Gasteiger partial charge is 0.353 e. The molecule has 8 heteroatoms. The van der Waals surface area contributed by atoms with E-state index in [9.17, 15) is 0 Å². The van der Waals surface area contributed by atoms with Crippen LogP contribution in [0.4, 0.5) is 11.6 Å².